The van der Waals surface area contributed by atoms with Crippen LogP contribution in [0.1, 0.15) is 12.5 Å². The Bertz CT molecular complexity index is 1290. The minimum Gasteiger partial charge on any atom is -0.507 e. The summed E-state index contributed by atoms with van der Waals surface area (Å²) in [4.78, 5) is 12.9. The highest BCUT2D eigenvalue weighted by Crippen LogP contribution is 2.36. The molecule has 1 atom stereocenters. The van der Waals surface area contributed by atoms with Gasteiger partial charge in [-0.3, -0.25) is 9.36 Å². The number of benzene rings is 3. The van der Waals surface area contributed by atoms with E-state index < -0.39 is 5.25 Å². The number of para-hydroxylation sites is 4. The zero-order chi connectivity index (χ0) is 23.4. The highest BCUT2D eigenvalue weighted by atomic mass is 32.2. The molecule has 0 aliphatic heterocycles. The van der Waals surface area contributed by atoms with Crippen LogP contribution in [0.15, 0.2) is 78.0 Å². The average molecular weight is 461 g/mol. The number of nitrogens with zero attached hydrogens (tertiary/aromatic N) is 3. The Hall–Kier alpha value is -3.78. The maximum Gasteiger partial charge on any atom is 0.237 e. The summed E-state index contributed by atoms with van der Waals surface area (Å²) < 4.78 is 7.36. The molecule has 7 nitrogen and oxygen atoms in total. The molecule has 1 amide bonds. The first-order chi connectivity index (χ1) is 16.0. The smallest absolute Gasteiger partial charge is 0.237 e. The third kappa shape index (κ3) is 4.70. The minimum atomic E-state index is -0.459. The molecule has 0 radical (unpaired) electrons. The van der Waals surface area contributed by atoms with Crippen LogP contribution < -0.4 is 10.1 Å². The number of aryl methyl sites for hydroxylation is 1. The monoisotopic (exact) mass is 460 g/mol. The van der Waals surface area contributed by atoms with Crippen molar-refractivity contribution in [2.75, 3.05) is 12.4 Å². The van der Waals surface area contributed by atoms with E-state index in [2.05, 4.69) is 15.5 Å². The zero-order valence-corrected chi connectivity index (χ0v) is 19.3. The lowest BCUT2D eigenvalue weighted by Crippen LogP contribution is -2.23. The van der Waals surface area contributed by atoms with Crippen LogP contribution in [0.25, 0.3) is 17.1 Å². The number of rotatable bonds is 7. The standard InChI is InChI=1S/C25H24N4O3S/c1-16-10-4-6-12-19(16)26-24(31)17(2)33-25-28-27-23(18-11-5-8-14-21(18)30)29(25)20-13-7-9-15-22(20)32-3/h4-15,17,30H,1-3H3,(H,26,31)/t17-/m1/s1. The summed E-state index contributed by atoms with van der Waals surface area (Å²) in [6.07, 6.45) is 0. The fourth-order valence-electron chi connectivity index (χ4n) is 3.37. The van der Waals surface area contributed by atoms with Gasteiger partial charge in [0.05, 0.1) is 23.6 Å². The summed E-state index contributed by atoms with van der Waals surface area (Å²) in [7, 11) is 1.59. The first-order valence-corrected chi connectivity index (χ1v) is 11.3. The maximum absolute atomic E-state index is 12.9. The number of aromatic nitrogens is 3. The molecule has 0 saturated carbocycles. The Morgan fingerprint density at radius 1 is 1.03 bits per heavy atom. The number of thioether (sulfide) groups is 1. The van der Waals surface area contributed by atoms with Gasteiger partial charge < -0.3 is 15.2 Å². The lowest BCUT2D eigenvalue weighted by Gasteiger charge is -2.16. The number of hydrogen-bond acceptors (Lipinski definition) is 6. The van der Waals surface area contributed by atoms with E-state index in [0.717, 1.165) is 11.3 Å². The molecule has 4 rings (SSSR count). The van der Waals surface area contributed by atoms with Crippen molar-refractivity contribution < 1.29 is 14.6 Å². The van der Waals surface area contributed by atoms with Gasteiger partial charge in [-0.05, 0) is 49.7 Å². The molecule has 3 aromatic carbocycles. The van der Waals surface area contributed by atoms with E-state index in [1.54, 1.807) is 29.9 Å². The number of ether oxygens (including phenoxy) is 1. The third-order valence-electron chi connectivity index (χ3n) is 5.16. The second kappa shape index (κ2) is 9.79. The molecular formula is C25H24N4O3S. The molecule has 0 aliphatic carbocycles. The molecule has 0 spiro atoms. The zero-order valence-electron chi connectivity index (χ0n) is 18.5. The summed E-state index contributed by atoms with van der Waals surface area (Å²) in [5.41, 5.74) is 3.00. The average Bonchev–Trinajstić information content (AvgIpc) is 3.23. The van der Waals surface area contributed by atoms with Crippen molar-refractivity contribution in [2.45, 2.75) is 24.3 Å². The van der Waals surface area contributed by atoms with Crippen LogP contribution in [0.3, 0.4) is 0 Å². The van der Waals surface area contributed by atoms with Gasteiger partial charge in [0.15, 0.2) is 11.0 Å². The molecule has 0 unspecified atom stereocenters. The lowest BCUT2D eigenvalue weighted by molar-refractivity contribution is -0.115. The Morgan fingerprint density at radius 2 is 1.73 bits per heavy atom. The van der Waals surface area contributed by atoms with E-state index in [-0.39, 0.29) is 11.7 Å². The molecule has 33 heavy (non-hydrogen) atoms. The largest absolute Gasteiger partial charge is 0.507 e. The Labute approximate surface area is 196 Å². The number of amides is 1. The molecule has 1 heterocycles. The van der Waals surface area contributed by atoms with Gasteiger partial charge in [-0.1, -0.05) is 54.2 Å². The summed E-state index contributed by atoms with van der Waals surface area (Å²) in [6.45, 7) is 3.77. The molecule has 0 saturated heterocycles. The van der Waals surface area contributed by atoms with Crippen molar-refractivity contribution in [3.63, 3.8) is 0 Å². The van der Waals surface area contributed by atoms with Gasteiger partial charge in [0.25, 0.3) is 0 Å². The summed E-state index contributed by atoms with van der Waals surface area (Å²) >= 11 is 1.28. The lowest BCUT2D eigenvalue weighted by atomic mass is 10.2. The molecule has 2 N–H and O–H groups in total. The highest BCUT2D eigenvalue weighted by molar-refractivity contribution is 8.00. The number of phenolic OH excluding ortho intramolecular Hbond substituents is 1. The topological polar surface area (TPSA) is 89.3 Å². The van der Waals surface area contributed by atoms with Gasteiger partial charge in [-0.15, -0.1) is 10.2 Å². The van der Waals surface area contributed by atoms with Crippen LogP contribution in [0.5, 0.6) is 11.5 Å². The first-order valence-electron chi connectivity index (χ1n) is 10.4. The van der Waals surface area contributed by atoms with Gasteiger partial charge in [0.1, 0.15) is 11.5 Å². The van der Waals surface area contributed by atoms with E-state index in [9.17, 15) is 9.90 Å². The third-order valence-corrected chi connectivity index (χ3v) is 6.20. The SMILES string of the molecule is COc1ccccc1-n1c(S[C@H](C)C(=O)Nc2ccccc2C)nnc1-c1ccccc1O. The Balaban J connectivity index is 1.72. The quantitative estimate of drug-likeness (QED) is 0.374. The van der Waals surface area contributed by atoms with Crippen LogP contribution >= 0.6 is 11.8 Å². The maximum atomic E-state index is 12.9. The highest BCUT2D eigenvalue weighted by Gasteiger charge is 2.24. The summed E-state index contributed by atoms with van der Waals surface area (Å²) in [6, 6.07) is 22.1. The molecule has 0 fully saturated rings. The van der Waals surface area contributed by atoms with Gasteiger partial charge in [0.2, 0.25) is 5.91 Å². The van der Waals surface area contributed by atoms with Crippen LogP contribution in [0.2, 0.25) is 0 Å². The molecule has 0 aliphatic rings. The second-order valence-electron chi connectivity index (χ2n) is 7.39. The van der Waals surface area contributed by atoms with Crippen molar-refractivity contribution in [2.24, 2.45) is 0 Å². The predicted molar refractivity (Wildman–Crippen MR) is 130 cm³/mol. The van der Waals surface area contributed by atoms with Gasteiger partial charge in [0, 0.05) is 5.69 Å². The Kier molecular flexibility index (Phi) is 6.65. The second-order valence-corrected chi connectivity index (χ2v) is 8.70. The van der Waals surface area contributed by atoms with E-state index in [4.69, 9.17) is 4.74 Å². The number of aromatic hydroxyl groups is 1. The van der Waals surface area contributed by atoms with Crippen molar-refractivity contribution in [1.29, 1.82) is 0 Å². The number of methoxy groups -OCH3 is 1. The molecule has 8 heteroatoms. The van der Waals surface area contributed by atoms with E-state index in [0.29, 0.717) is 28.0 Å². The van der Waals surface area contributed by atoms with E-state index >= 15 is 0 Å². The summed E-state index contributed by atoms with van der Waals surface area (Å²) in [5, 5.41) is 22.2. The predicted octanol–water partition coefficient (Wildman–Crippen LogP) is 5.08. The van der Waals surface area contributed by atoms with Gasteiger partial charge in [-0.25, -0.2) is 0 Å². The van der Waals surface area contributed by atoms with Crippen molar-refractivity contribution in [1.82, 2.24) is 14.8 Å². The van der Waals surface area contributed by atoms with Crippen LogP contribution in [0, 0.1) is 6.92 Å². The molecule has 168 valence electrons. The van der Waals surface area contributed by atoms with Crippen LogP contribution in [-0.4, -0.2) is 38.1 Å². The number of hydrogen-bond donors (Lipinski definition) is 2. The van der Waals surface area contributed by atoms with Gasteiger partial charge >= 0.3 is 0 Å². The van der Waals surface area contributed by atoms with Crippen LogP contribution in [0.4, 0.5) is 5.69 Å². The number of nitrogens with one attached hydrogen (secondary N) is 1. The van der Waals surface area contributed by atoms with Crippen molar-refractivity contribution in [3.05, 3.63) is 78.4 Å². The number of carbonyl (C=O) groups excluding carboxylic acids is 1. The molecule has 4 aromatic rings. The molecular weight excluding hydrogens is 436 g/mol. The van der Waals surface area contributed by atoms with Crippen molar-refractivity contribution in [3.8, 4) is 28.6 Å². The summed E-state index contributed by atoms with van der Waals surface area (Å²) in [5.74, 6) is 1.01. The fraction of sp³-hybridized carbons (Fsp3) is 0.160. The van der Waals surface area contributed by atoms with Gasteiger partial charge in [-0.2, -0.15) is 0 Å². The first kappa shape index (κ1) is 22.4. The number of carbonyl (C=O) groups is 1. The minimum absolute atomic E-state index is 0.0861. The van der Waals surface area contributed by atoms with E-state index in [1.165, 1.54) is 11.8 Å². The van der Waals surface area contributed by atoms with Crippen LogP contribution in [-0.2, 0) is 4.79 Å². The molecule has 0 bridgehead atoms. The number of anilines is 1. The normalized spacial score (nSPS) is 11.7. The van der Waals surface area contributed by atoms with Crippen molar-refractivity contribution >= 4 is 23.4 Å². The van der Waals surface area contributed by atoms with E-state index in [1.807, 2.05) is 68.4 Å². The Morgan fingerprint density at radius 3 is 2.48 bits per heavy atom. The number of phenols is 1. The molecule has 1 aromatic heterocycles. The fourth-order valence-corrected chi connectivity index (χ4v) is 4.23.